The van der Waals surface area contributed by atoms with Gasteiger partial charge in [0.2, 0.25) is 0 Å². The second-order valence-corrected chi connectivity index (χ2v) is 6.29. The predicted molar refractivity (Wildman–Crippen MR) is 67.0 cm³/mol. The van der Waals surface area contributed by atoms with E-state index in [1.165, 1.54) is 0 Å². The van der Waals surface area contributed by atoms with Crippen LogP contribution in [0.2, 0.25) is 5.02 Å². The molecule has 0 unspecified atom stereocenters. The van der Waals surface area contributed by atoms with E-state index in [9.17, 15) is 9.32 Å². The van der Waals surface area contributed by atoms with Crippen LogP contribution in [0.15, 0.2) is 24.3 Å². The average molecular weight is 259 g/mol. The molecule has 2 rings (SSSR count). The van der Waals surface area contributed by atoms with Crippen molar-refractivity contribution in [3.05, 3.63) is 34.9 Å². The summed E-state index contributed by atoms with van der Waals surface area (Å²) in [5.74, 6) is 0.553. The molecule has 1 aromatic rings. The summed E-state index contributed by atoms with van der Waals surface area (Å²) < 4.78 is 11.4. The van der Waals surface area contributed by atoms with E-state index < -0.39 is 16.4 Å². The van der Waals surface area contributed by atoms with Crippen LogP contribution in [0.1, 0.15) is 18.4 Å². The van der Waals surface area contributed by atoms with Gasteiger partial charge in [-0.15, -0.1) is 0 Å². The zero-order valence-corrected chi connectivity index (χ0v) is 10.7. The number of aliphatic hydroxyl groups is 1. The largest absolute Gasteiger partial charge is 0.384 e. The van der Waals surface area contributed by atoms with Crippen LogP contribution in [0.3, 0.4) is 0 Å². The number of halogens is 1. The van der Waals surface area contributed by atoms with Gasteiger partial charge in [-0.1, -0.05) is 23.7 Å². The first-order chi connectivity index (χ1) is 7.52. The van der Waals surface area contributed by atoms with Crippen molar-refractivity contribution in [3.63, 3.8) is 0 Å². The van der Waals surface area contributed by atoms with Gasteiger partial charge in [0, 0.05) is 22.1 Å². The molecule has 1 aromatic carbocycles. The molecular formula is C12H15ClO2S. The van der Waals surface area contributed by atoms with Gasteiger partial charge < -0.3 is 5.11 Å². The normalized spacial score (nSPS) is 21.4. The minimum Gasteiger partial charge on any atom is -0.384 e. The first-order valence-electron chi connectivity index (χ1n) is 5.31. The summed E-state index contributed by atoms with van der Waals surface area (Å²) in [4.78, 5) is 0. The highest BCUT2D eigenvalue weighted by molar-refractivity contribution is 7.84. The second kappa shape index (κ2) is 4.47. The van der Waals surface area contributed by atoms with Crippen molar-refractivity contribution >= 4 is 22.4 Å². The lowest BCUT2D eigenvalue weighted by atomic mass is 9.91. The van der Waals surface area contributed by atoms with E-state index in [-0.39, 0.29) is 5.92 Å². The smallest absolute Gasteiger partial charge is 0.104 e. The zero-order valence-electron chi connectivity index (χ0n) is 9.15. The molecule has 1 aliphatic carbocycles. The van der Waals surface area contributed by atoms with Crippen LogP contribution in [0, 0.1) is 5.92 Å². The Kier molecular flexibility index (Phi) is 3.38. The summed E-state index contributed by atoms with van der Waals surface area (Å²) in [7, 11) is -1.00. The van der Waals surface area contributed by atoms with E-state index in [1.54, 1.807) is 18.4 Å². The number of benzene rings is 1. The minimum atomic E-state index is -1.00. The second-order valence-electron chi connectivity index (χ2n) is 4.42. The molecule has 0 heterocycles. The Labute approximate surface area is 103 Å². The maximum atomic E-state index is 11.4. The van der Waals surface area contributed by atoms with Crippen molar-refractivity contribution in [2.24, 2.45) is 5.92 Å². The number of hydrogen-bond donors (Lipinski definition) is 1. The van der Waals surface area contributed by atoms with E-state index in [2.05, 4.69) is 0 Å². The van der Waals surface area contributed by atoms with Gasteiger partial charge in [0.1, 0.15) is 5.60 Å². The Balaban J connectivity index is 2.31. The quantitative estimate of drug-likeness (QED) is 0.900. The van der Waals surface area contributed by atoms with Crippen molar-refractivity contribution in [2.45, 2.75) is 18.4 Å². The van der Waals surface area contributed by atoms with Crippen molar-refractivity contribution in [3.8, 4) is 0 Å². The van der Waals surface area contributed by atoms with Gasteiger partial charge in [-0.25, -0.2) is 0 Å². The standard InChI is InChI=1S/C12H15ClO2S/c1-16(15)8-12(14,9-2-3-9)10-4-6-11(13)7-5-10/h4-7,9,14H,2-3,8H2,1H3/t12-,16+/m0/s1. The van der Waals surface area contributed by atoms with Crippen LogP contribution >= 0.6 is 11.6 Å². The summed E-state index contributed by atoms with van der Waals surface area (Å²) in [5, 5.41) is 11.3. The molecule has 16 heavy (non-hydrogen) atoms. The van der Waals surface area contributed by atoms with Crippen LogP contribution in [-0.2, 0) is 16.4 Å². The third-order valence-corrected chi connectivity index (χ3v) is 4.12. The van der Waals surface area contributed by atoms with Gasteiger partial charge >= 0.3 is 0 Å². The fraction of sp³-hybridized carbons (Fsp3) is 0.500. The molecule has 2 atom stereocenters. The molecule has 1 N–H and O–H groups in total. The molecule has 88 valence electrons. The topological polar surface area (TPSA) is 37.3 Å². The SMILES string of the molecule is C[S@@](=O)C[C@@](O)(c1ccc(Cl)cc1)C1CC1. The summed E-state index contributed by atoms with van der Waals surface area (Å²) >= 11 is 5.82. The van der Waals surface area contributed by atoms with E-state index in [0.717, 1.165) is 18.4 Å². The third-order valence-electron chi connectivity index (χ3n) is 3.02. The monoisotopic (exact) mass is 258 g/mol. The molecule has 1 saturated carbocycles. The van der Waals surface area contributed by atoms with Gasteiger partial charge in [-0.3, -0.25) is 4.21 Å². The van der Waals surface area contributed by atoms with Crippen molar-refractivity contribution in [2.75, 3.05) is 12.0 Å². The molecule has 0 radical (unpaired) electrons. The first kappa shape index (κ1) is 12.1. The van der Waals surface area contributed by atoms with E-state index >= 15 is 0 Å². The Hall–Kier alpha value is -0.380. The minimum absolute atomic E-state index is 0.248. The molecule has 1 aliphatic rings. The van der Waals surface area contributed by atoms with Gasteiger partial charge in [0.25, 0.3) is 0 Å². The highest BCUT2D eigenvalue weighted by Crippen LogP contribution is 2.46. The van der Waals surface area contributed by atoms with Gasteiger partial charge in [-0.2, -0.15) is 0 Å². The summed E-state index contributed by atoms with van der Waals surface area (Å²) in [6.07, 6.45) is 3.65. The number of hydrogen-bond acceptors (Lipinski definition) is 2. The van der Waals surface area contributed by atoms with Gasteiger partial charge in [0.15, 0.2) is 0 Å². The highest BCUT2D eigenvalue weighted by atomic mass is 35.5. The Morgan fingerprint density at radius 1 is 1.44 bits per heavy atom. The van der Waals surface area contributed by atoms with Crippen molar-refractivity contribution in [1.29, 1.82) is 0 Å². The summed E-state index contributed by atoms with van der Waals surface area (Å²) in [5.41, 5.74) is -0.112. The lowest BCUT2D eigenvalue weighted by Crippen LogP contribution is -2.34. The van der Waals surface area contributed by atoms with Crippen molar-refractivity contribution in [1.82, 2.24) is 0 Å². The zero-order chi connectivity index (χ0) is 11.8. The fourth-order valence-corrected chi connectivity index (χ4v) is 3.19. The van der Waals surface area contributed by atoms with Gasteiger partial charge in [-0.05, 0) is 36.5 Å². The first-order valence-corrected chi connectivity index (χ1v) is 7.41. The molecule has 0 aromatic heterocycles. The van der Waals surface area contributed by atoms with E-state index in [0.29, 0.717) is 10.8 Å². The molecular weight excluding hydrogens is 244 g/mol. The van der Waals surface area contributed by atoms with Crippen molar-refractivity contribution < 1.29 is 9.32 Å². The van der Waals surface area contributed by atoms with Crippen LogP contribution < -0.4 is 0 Å². The lowest BCUT2D eigenvalue weighted by molar-refractivity contribution is 0.0375. The van der Waals surface area contributed by atoms with Crippen LogP contribution in [0.4, 0.5) is 0 Å². The maximum absolute atomic E-state index is 11.4. The van der Waals surface area contributed by atoms with E-state index in [1.807, 2.05) is 12.1 Å². The molecule has 0 spiro atoms. The molecule has 0 saturated heterocycles. The molecule has 0 amide bonds. The Morgan fingerprint density at radius 3 is 2.44 bits per heavy atom. The molecule has 2 nitrogen and oxygen atoms in total. The van der Waals surface area contributed by atoms with Crippen LogP contribution in [0.25, 0.3) is 0 Å². The van der Waals surface area contributed by atoms with Crippen LogP contribution in [-0.4, -0.2) is 21.3 Å². The Morgan fingerprint density at radius 2 is 2.00 bits per heavy atom. The molecule has 1 fully saturated rings. The third kappa shape index (κ3) is 2.47. The van der Waals surface area contributed by atoms with Crippen LogP contribution in [0.5, 0.6) is 0 Å². The number of rotatable bonds is 4. The average Bonchev–Trinajstić information content (AvgIpc) is 3.00. The van der Waals surface area contributed by atoms with E-state index in [4.69, 9.17) is 11.6 Å². The molecule has 4 heteroatoms. The lowest BCUT2D eigenvalue weighted by Gasteiger charge is -2.27. The molecule has 0 aliphatic heterocycles. The summed E-state index contributed by atoms with van der Waals surface area (Å²) in [6, 6.07) is 7.19. The summed E-state index contributed by atoms with van der Waals surface area (Å²) in [6.45, 7) is 0. The predicted octanol–water partition coefficient (Wildman–Crippen LogP) is 2.32. The molecule has 0 bridgehead atoms. The Bertz CT molecular complexity index is 400. The maximum Gasteiger partial charge on any atom is 0.104 e. The highest BCUT2D eigenvalue weighted by Gasteiger charge is 2.45. The fourth-order valence-electron chi connectivity index (χ4n) is 2.05. The van der Waals surface area contributed by atoms with Gasteiger partial charge in [0.05, 0.1) is 5.75 Å².